The van der Waals surface area contributed by atoms with Gasteiger partial charge in [-0.05, 0) is 32.1 Å². The van der Waals surface area contributed by atoms with Gasteiger partial charge in [0.1, 0.15) is 6.61 Å². The fourth-order valence-electron chi connectivity index (χ4n) is 1.51. The van der Waals surface area contributed by atoms with Crippen LogP contribution in [0, 0.1) is 0 Å². The zero-order valence-electron chi connectivity index (χ0n) is 11.3. The minimum Gasteiger partial charge on any atom is -0.462 e. The number of hydrogen-bond donors (Lipinski definition) is 0. The third-order valence-electron chi connectivity index (χ3n) is 2.44. The zero-order chi connectivity index (χ0) is 12.8. The number of ether oxygens (including phenoxy) is 1. The molecule has 0 bridgehead atoms. The van der Waals surface area contributed by atoms with E-state index >= 15 is 0 Å². The molecule has 2 nitrogen and oxygen atoms in total. The Balaban J connectivity index is 3.12. The fourth-order valence-corrected chi connectivity index (χ4v) is 1.51. The minimum absolute atomic E-state index is 0.213. The van der Waals surface area contributed by atoms with Crippen molar-refractivity contribution in [2.75, 3.05) is 6.61 Å². The fraction of sp³-hybridized carbons (Fsp3) is 0.667. The van der Waals surface area contributed by atoms with E-state index in [9.17, 15) is 4.79 Å². The molecule has 0 rings (SSSR count). The summed E-state index contributed by atoms with van der Waals surface area (Å²) in [6.07, 6.45) is 17.1. The van der Waals surface area contributed by atoms with Crippen molar-refractivity contribution >= 4 is 5.97 Å². The van der Waals surface area contributed by atoms with Gasteiger partial charge >= 0.3 is 5.97 Å². The maximum atomic E-state index is 10.5. The summed E-state index contributed by atoms with van der Waals surface area (Å²) in [4.78, 5) is 10.5. The van der Waals surface area contributed by atoms with E-state index in [2.05, 4.69) is 25.2 Å². The van der Waals surface area contributed by atoms with Gasteiger partial charge in [0.25, 0.3) is 0 Å². The van der Waals surface area contributed by atoms with Crippen molar-refractivity contribution in [3.63, 3.8) is 0 Å². The van der Waals surface area contributed by atoms with Gasteiger partial charge in [0.2, 0.25) is 0 Å². The average molecular weight is 238 g/mol. The molecular formula is C15H26O2. The van der Waals surface area contributed by atoms with Gasteiger partial charge in [-0.1, -0.05) is 44.1 Å². The normalized spacial score (nSPS) is 11.4. The molecule has 0 aromatic rings. The van der Waals surface area contributed by atoms with Crippen LogP contribution in [0.3, 0.4) is 0 Å². The van der Waals surface area contributed by atoms with Crippen LogP contribution in [0.1, 0.15) is 58.8 Å². The molecular weight excluding hydrogens is 212 g/mol. The van der Waals surface area contributed by atoms with Crippen LogP contribution in [0.25, 0.3) is 0 Å². The number of rotatable bonds is 10. The molecule has 0 N–H and O–H groups in total. The SMILES string of the molecule is CC/C=C/CCCCCC/C=C/COC(C)=O. The summed E-state index contributed by atoms with van der Waals surface area (Å²) >= 11 is 0. The number of carbonyl (C=O) groups excluding carboxylic acids is 1. The van der Waals surface area contributed by atoms with Crippen LogP contribution in [0.5, 0.6) is 0 Å². The number of carbonyl (C=O) groups is 1. The van der Waals surface area contributed by atoms with E-state index in [0.29, 0.717) is 6.61 Å². The van der Waals surface area contributed by atoms with Gasteiger partial charge in [0.15, 0.2) is 0 Å². The van der Waals surface area contributed by atoms with E-state index in [4.69, 9.17) is 4.74 Å². The Labute approximate surface area is 106 Å². The second-order valence-electron chi connectivity index (χ2n) is 4.15. The Morgan fingerprint density at radius 3 is 2.06 bits per heavy atom. The standard InChI is InChI=1S/C15H26O2/c1-3-4-5-6-7-8-9-10-11-12-13-14-17-15(2)16/h4-5,12-13H,3,6-11,14H2,1-2H3/b5-4+,13-12+. The quantitative estimate of drug-likeness (QED) is 0.320. The van der Waals surface area contributed by atoms with Gasteiger partial charge in [-0.2, -0.15) is 0 Å². The lowest BCUT2D eigenvalue weighted by Crippen LogP contribution is -1.97. The molecule has 0 heterocycles. The summed E-state index contributed by atoms with van der Waals surface area (Å²) < 4.78 is 4.79. The second-order valence-corrected chi connectivity index (χ2v) is 4.15. The number of unbranched alkanes of at least 4 members (excludes halogenated alkanes) is 5. The van der Waals surface area contributed by atoms with Crippen LogP contribution in [0.2, 0.25) is 0 Å². The lowest BCUT2D eigenvalue weighted by molar-refractivity contribution is -0.139. The Kier molecular flexibility index (Phi) is 12.2. The summed E-state index contributed by atoms with van der Waals surface area (Å²) in [5.41, 5.74) is 0. The number of hydrogen-bond acceptors (Lipinski definition) is 2. The third kappa shape index (κ3) is 14.9. The molecule has 0 saturated carbocycles. The second kappa shape index (κ2) is 13.0. The van der Waals surface area contributed by atoms with Crippen LogP contribution < -0.4 is 0 Å². The molecule has 0 radical (unpaired) electrons. The van der Waals surface area contributed by atoms with Crippen molar-refractivity contribution < 1.29 is 9.53 Å². The molecule has 0 unspecified atom stereocenters. The van der Waals surface area contributed by atoms with Gasteiger partial charge in [-0.15, -0.1) is 0 Å². The lowest BCUT2D eigenvalue weighted by Gasteiger charge is -1.97. The first-order valence-corrected chi connectivity index (χ1v) is 6.70. The smallest absolute Gasteiger partial charge is 0.302 e. The van der Waals surface area contributed by atoms with E-state index in [1.807, 2.05) is 6.08 Å². The van der Waals surface area contributed by atoms with Crippen molar-refractivity contribution in [2.24, 2.45) is 0 Å². The van der Waals surface area contributed by atoms with Gasteiger partial charge in [0.05, 0.1) is 0 Å². The highest BCUT2D eigenvalue weighted by Gasteiger charge is 1.88. The highest BCUT2D eigenvalue weighted by molar-refractivity contribution is 5.65. The van der Waals surface area contributed by atoms with Crippen molar-refractivity contribution in [3.8, 4) is 0 Å². The molecule has 0 amide bonds. The minimum atomic E-state index is -0.213. The van der Waals surface area contributed by atoms with Gasteiger partial charge < -0.3 is 4.74 Å². The summed E-state index contributed by atoms with van der Waals surface area (Å²) in [5, 5.41) is 0. The Morgan fingerprint density at radius 1 is 0.941 bits per heavy atom. The first-order valence-electron chi connectivity index (χ1n) is 6.70. The Bertz CT molecular complexity index is 229. The van der Waals surface area contributed by atoms with Crippen LogP contribution in [-0.2, 0) is 9.53 Å². The van der Waals surface area contributed by atoms with E-state index in [1.54, 1.807) is 0 Å². The molecule has 0 spiro atoms. The van der Waals surface area contributed by atoms with Crippen molar-refractivity contribution in [2.45, 2.75) is 58.8 Å². The van der Waals surface area contributed by atoms with Crippen LogP contribution >= 0.6 is 0 Å². The summed E-state index contributed by atoms with van der Waals surface area (Å²) in [6, 6.07) is 0. The molecule has 0 fully saturated rings. The van der Waals surface area contributed by atoms with Crippen molar-refractivity contribution in [1.29, 1.82) is 0 Å². The van der Waals surface area contributed by atoms with E-state index in [1.165, 1.54) is 39.0 Å². The molecule has 0 atom stereocenters. The maximum Gasteiger partial charge on any atom is 0.302 e. The third-order valence-corrected chi connectivity index (χ3v) is 2.44. The highest BCUT2D eigenvalue weighted by atomic mass is 16.5. The molecule has 0 aliphatic rings. The summed E-state index contributed by atoms with van der Waals surface area (Å²) in [6.45, 7) is 4.01. The summed E-state index contributed by atoms with van der Waals surface area (Å²) in [7, 11) is 0. The predicted octanol–water partition coefficient (Wildman–Crippen LogP) is 4.41. The molecule has 0 aromatic carbocycles. The topological polar surface area (TPSA) is 26.3 Å². The molecule has 0 saturated heterocycles. The molecule has 0 aromatic heterocycles. The molecule has 98 valence electrons. The van der Waals surface area contributed by atoms with Gasteiger partial charge in [-0.25, -0.2) is 0 Å². The molecule has 17 heavy (non-hydrogen) atoms. The molecule has 2 heteroatoms. The first kappa shape index (κ1) is 16.0. The van der Waals surface area contributed by atoms with Crippen molar-refractivity contribution in [1.82, 2.24) is 0 Å². The van der Waals surface area contributed by atoms with E-state index < -0.39 is 0 Å². The zero-order valence-corrected chi connectivity index (χ0v) is 11.3. The maximum absolute atomic E-state index is 10.5. The monoisotopic (exact) mass is 238 g/mol. The molecule has 0 aliphatic carbocycles. The predicted molar refractivity (Wildman–Crippen MR) is 72.9 cm³/mol. The lowest BCUT2D eigenvalue weighted by atomic mass is 10.1. The average Bonchev–Trinajstić information content (AvgIpc) is 2.30. The van der Waals surface area contributed by atoms with Crippen molar-refractivity contribution in [3.05, 3.63) is 24.3 Å². The Morgan fingerprint density at radius 2 is 1.53 bits per heavy atom. The summed E-state index contributed by atoms with van der Waals surface area (Å²) in [5.74, 6) is -0.213. The van der Waals surface area contributed by atoms with Crippen LogP contribution in [-0.4, -0.2) is 12.6 Å². The van der Waals surface area contributed by atoms with Crippen LogP contribution in [0.15, 0.2) is 24.3 Å². The van der Waals surface area contributed by atoms with E-state index in [0.717, 1.165) is 12.8 Å². The first-order chi connectivity index (χ1) is 8.27. The highest BCUT2D eigenvalue weighted by Crippen LogP contribution is 2.06. The van der Waals surface area contributed by atoms with Crippen LogP contribution in [0.4, 0.5) is 0 Å². The Hall–Kier alpha value is -1.05. The number of esters is 1. The van der Waals surface area contributed by atoms with Gasteiger partial charge in [-0.3, -0.25) is 4.79 Å². The largest absolute Gasteiger partial charge is 0.462 e. The van der Waals surface area contributed by atoms with E-state index in [-0.39, 0.29) is 5.97 Å². The number of allylic oxidation sites excluding steroid dienone is 3. The van der Waals surface area contributed by atoms with Gasteiger partial charge in [0, 0.05) is 6.92 Å². The molecule has 0 aliphatic heterocycles.